The van der Waals surface area contributed by atoms with Crippen molar-refractivity contribution in [1.82, 2.24) is 5.32 Å². The number of ether oxygens (including phenoxy) is 2. The zero-order valence-electron chi connectivity index (χ0n) is 13.2. The fourth-order valence-electron chi connectivity index (χ4n) is 1.41. The van der Waals surface area contributed by atoms with E-state index in [2.05, 4.69) is 5.32 Å². The van der Waals surface area contributed by atoms with Gasteiger partial charge in [-0.25, -0.2) is 9.59 Å². The number of esters is 1. The van der Waals surface area contributed by atoms with Crippen LogP contribution in [0, 0.1) is 0 Å². The molecule has 24 heavy (non-hydrogen) atoms. The second-order valence-corrected chi connectivity index (χ2v) is 5.01. The van der Waals surface area contributed by atoms with Crippen LogP contribution in [0.4, 0.5) is 4.79 Å². The molecule has 1 rings (SSSR count). The molecule has 0 saturated carbocycles. The van der Waals surface area contributed by atoms with Crippen LogP contribution in [0.1, 0.15) is 24.2 Å². The normalized spacial score (nSPS) is 8.92. The number of para-hydroxylation sites is 1. The Balaban J connectivity index is 0.00000163. The molecule has 0 heterocycles. The first-order chi connectivity index (χ1) is 11.5. The van der Waals surface area contributed by atoms with Crippen molar-refractivity contribution >= 4 is 35.1 Å². The lowest BCUT2D eigenvalue weighted by Crippen LogP contribution is -2.23. The summed E-state index contributed by atoms with van der Waals surface area (Å²) >= 11 is 0.919. The number of carbonyl (C=O) groups excluding carboxylic acids is 5. The highest BCUT2D eigenvalue weighted by Crippen LogP contribution is 2.21. The quantitative estimate of drug-likeness (QED) is 0.605. The Morgan fingerprint density at radius 3 is 2.42 bits per heavy atom. The molecule has 0 atom stereocenters. The molecule has 1 N–H and O–H groups in total. The van der Waals surface area contributed by atoms with Gasteiger partial charge < -0.3 is 14.8 Å². The van der Waals surface area contributed by atoms with Crippen molar-refractivity contribution in [2.75, 3.05) is 18.9 Å². The average Bonchev–Trinajstić information content (AvgIpc) is 2.53. The van der Waals surface area contributed by atoms with E-state index in [9.17, 15) is 14.4 Å². The number of thioether (sulfide) groups is 1. The minimum absolute atomic E-state index is 0.156. The number of hydrogen-bond acceptors (Lipinski definition) is 8. The zero-order chi connectivity index (χ0) is 18.4. The van der Waals surface area contributed by atoms with Crippen LogP contribution in [0.2, 0.25) is 0 Å². The summed E-state index contributed by atoms with van der Waals surface area (Å²) in [5.41, 5.74) is 0.204. The number of benzene rings is 1. The zero-order valence-corrected chi connectivity index (χ0v) is 14.0. The number of nitrogens with one attached hydrogen (secondary N) is 1. The predicted molar refractivity (Wildman–Crippen MR) is 84.6 cm³/mol. The second kappa shape index (κ2) is 12.9. The Kier molecular flexibility index (Phi) is 11.4. The van der Waals surface area contributed by atoms with Crippen LogP contribution in [0.5, 0.6) is 5.75 Å². The van der Waals surface area contributed by atoms with E-state index in [4.69, 9.17) is 19.1 Å². The molecule has 0 bridgehead atoms. The summed E-state index contributed by atoms with van der Waals surface area (Å²) in [5.74, 6) is -0.145. The van der Waals surface area contributed by atoms with Crippen LogP contribution in [0.25, 0.3) is 0 Å². The molecule has 0 saturated heterocycles. The van der Waals surface area contributed by atoms with Crippen LogP contribution in [0.3, 0.4) is 0 Å². The highest BCUT2D eigenvalue weighted by Gasteiger charge is 2.15. The lowest BCUT2D eigenvalue weighted by Gasteiger charge is -2.09. The van der Waals surface area contributed by atoms with Gasteiger partial charge in [0.1, 0.15) is 11.3 Å². The molecule has 130 valence electrons. The van der Waals surface area contributed by atoms with Crippen molar-refractivity contribution in [3.8, 4) is 5.75 Å². The third-order valence-corrected chi connectivity index (χ3v) is 3.00. The van der Waals surface area contributed by atoms with E-state index in [1.807, 2.05) is 0 Å². The molecule has 1 amide bonds. The minimum Gasteiger partial charge on any atom is -0.462 e. The van der Waals surface area contributed by atoms with Gasteiger partial charge in [0.05, 0.1) is 6.61 Å². The molecule has 0 aliphatic carbocycles. The first-order valence-electron chi connectivity index (χ1n) is 6.80. The molecule has 0 aliphatic heterocycles. The summed E-state index contributed by atoms with van der Waals surface area (Å²) in [6.45, 7) is 3.71. The van der Waals surface area contributed by atoms with Gasteiger partial charge in [-0.05, 0) is 30.8 Å². The van der Waals surface area contributed by atoms with Gasteiger partial charge in [0, 0.05) is 19.2 Å². The minimum atomic E-state index is -0.544. The van der Waals surface area contributed by atoms with Gasteiger partial charge in [0.15, 0.2) is 0 Å². The van der Waals surface area contributed by atoms with Gasteiger partial charge in [0.2, 0.25) is 5.91 Å². The van der Waals surface area contributed by atoms with Crippen molar-refractivity contribution < 1.29 is 33.4 Å². The van der Waals surface area contributed by atoms with Crippen LogP contribution in [0.15, 0.2) is 24.3 Å². The Hall–Kier alpha value is -2.64. The van der Waals surface area contributed by atoms with E-state index in [1.54, 1.807) is 19.1 Å². The van der Waals surface area contributed by atoms with E-state index >= 15 is 0 Å². The standard InChI is InChI=1S/C14H17NO5S.CO2/c1-3-19-13(17)11-6-4-5-7-12(11)20-14(18)21-9-8-15-10(2)16;2-1-3/h4-7H,3,8-9H2,1-2H3,(H,15,16);. The molecule has 1 aromatic rings. The third-order valence-electron chi connectivity index (χ3n) is 2.27. The summed E-state index contributed by atoms with van der Waals surface area (Å²) in [4.78, 5) is 50.3. The van der Waals surface area contributed by atoms with Crippen molar-refractivity contribution in [2.45, 2.75) is 13.8 Å². The number of hydrogen-bond donors (Lipinski definition) is 1. The fraction of sp³-hybridized carbons (Fsp3) is 0.333. The Labute approximate surface area is 142 Å². The second-order valence-electron chi connectivity index (χ2n) is 3.98. The maximum absolute atomic E-state index is 11.7. The topological polar surface area (TPSA) is 116 Å². The van der Waals surface area contributed by atoms with E-state index in [-0.39, 0.29) is 30.0 Å². The van der Waals surface area contributed by atoms with Gasteiger partial charge in [0.25, 0.3) is 0 Å². The first kappa shape index (κ1) is 21.4. The molecule has 0 aromatic heterocycles. The molecule has 0 unspecified atom stereocenters. The Morgan fingerprint density at radius 2 is 1.83 bits per heavy atom. The summed E-state index contributed by atoms with van der Waals surface area (Å²) in [6.07, 6.45) is 0.250. The molecule has 0 radical (unpaired) electrons. The highest BCUT2D eigenvalue weighted by atomic mass is 32.2. The van der Waals surface area contributed by atoms with Crippen molar-refractivity contribution in [3.63, 3.8) is 0 Å². The van der Waals surface area contributed by atoms with E-state index in [0.717, 1.165) is 11.8 Å². The molecule has 0 aliphatic rings. The van der Waals surface area contributed by atoms with Crippen molar-refractivity contribution in [1.29, 1.82) is 0 Å². The predicted octanol–water partition coefficient (Wildman–Crippen LogP) is 1.65. The number of carbonyl (C=O) groups is 3. The lowest BCUT2D eigenvalue weighted by molar-refractivity contribution is -0.191. The molecule has 1 aromatic carbocycles. The van der Waals surface area contributed by atoms with Gasteiger partial charge in [-0.1, -0.05) is 12.1 Å². The van der Waals surface area contributed by atoms with Crippen LogP contribution >= 0.6 is 11.8 Å². The van der Waals surface area contributed by atoms with Crippen molar-refractivity contribution in [3.05, 3.63) is 29.8 Å². The van der Waals surface area contributed by atoms with Crippen LogP contribution < -0.4 is 10.1 Å². The van der Waals surface area contributed by atoms with Gasteiger partial charge in [-0.15, -0.1) is 0 Å². The van der Waals surface area contributed by atoms with E-state index in [0.29, 0.717) is 12.3 Å². The highest BCUT2D eigenvalue weighted by molar-refractivity contribution is 8.13. The molecule has 8 nitrogen and oxygen atoms in total. The van der Waals surface area contributed by atoms with Crippen LogP contribution in [-0.2, 0) is 19.1 Å². The maximum Gasteiger partial charge on any atom is 0.373 e. The first-order valence-corrected chi connectivity index (χ1v) is 7.79. The van der Waals surface area contributed by atoms with Gasteiger partial charge in [-0.2, -0.15) is 9.59 Å². The number of amides is 1. The molecular formula is C15H17NO7S. The van der Waals surface area contributed by atoms with Crippen LogP contribution in [-0.4, -0.2) is 42.2 Å². The number of rotatable bonds is 6. The van der Waals surface area contributed by atoms with Gasteiger partial charge >= 0.3 is 17.4 Å². The van der Waals surface area contributed by atoms with Gasteiger partial charge in [-0.3, -0.25) is 4.79 Å². The monoisotopic (exact) mass is 355 g/mol. The largest absolute Gasteiger partial charge is 0.462 e. The average molecular weight is 355 g/mol. The Bertz CT molecular complexity index is 597. The van der Waals surface area contributed by atoms with E-state index in [1.165, 1.54) is 19.1 Å². The van der Waals surface area contributed by atoms with E-state index < -0.39 is 11.3 Å². The SMILES string of the molecule is CCOC(=O)c1ccccc1OC(=O)SCCNC(C)=O.O=C=O. The summed E-state index contributed by atoms with van der Waals surface area (Å²) in [7, 11) is 0. The smallest absolute Gasteiger partial charge is 0.373 e. The maximum atomic E-state index is 11.7. The molecule has 9 heteroatoms. The Morgan fingerprint density at radius 1 is 1.21 bits per heavy atom. The fourth-order valence-corrected chi connectivity index (χ4v) is 1.93. The summed E-state index contributed by atoms with van der Waals surface area (Å²) < 4.78 is 10.0. The molecular weight excluding hydrogens is 338 g/mol. The molecule has 0 fully saturated rings. The lowest BCUT2D eigenvalue weighted by atomic mass is 10.2. The van der Waals surface area contributed by atoms with Crippen molar-refractivity contribution in [2.24, 2.45) is 0 Å². The summed E-state index contributed by atoms with van der Waals surface area (Å²) in [5, 5.41) is 2.03. The third kappa shape index (κ3) is 9.39. The summed E-state index contributed by atoms with van der Waals surface area (Å²) in [6, 6.07) is 6.38. The molecule has 0 spiro atoms.